The number of amides is 1. The molecule has 0 aliphatic heterocycles. The zero-order valence-corrected chi connectivity index (χ0v) is 12.9. The van der Waals surface area contributed by atoms with Crippen molar-refractivity contribution in [1.82, 2.24) is 0 Å². The molecular formula is C14H15ClN2O3S. The molecule has 2 aromatic rings. The molecule has 0 bridgehead atoms. The number of carbonyl (C=O) groups is 2. The molecule has 1 saturated carbocycles. The number of benzene rings is 1. The van der Waals surface area contributed by atoms with Gasteiger partial charge in [0.25, 0.3) is 0 Å². The zero-order valence-electron chi connectivity index (χ0n) is 11.3. The number of thiophene rings is 1. The van der Waals surface area contributed by atoms with Crippen LogP contribution in [0.1, 0.15) is 23.0 Å². The molecule has 1 aliphatic rings. The quantitative estimate of drug-likeness (QED) is 0.755. The van der Waals surface area contributed by atoms with Gasteiger partial charge in [-0.3, -0.25) is 4.79 Å². The van der Waals surface area contributed by atoms with Crippen LogP contribution in [-0.4, -0.2) is 17.0 Å². The summed E-state index contributed by atoms with van der Waals surface area (Å²) in [7, 11) is 0. The summed E-state index contributed by atoms with van der Waals surface area (Å²) in [6, 6.07) is 5.19. The molecule has 0 saturated heterocycles. The van der Waals surface area contributed by atoms with Crippen molar-refractivity contribution in [3.63, 3.8) is 0 Å². The van der Waals surface area contributed by atoms with Gasteiger partial charge in [-0.25, -0.2) is 4.79 Å². The second-order valence-corrected chi connectivity index (χ2v) is 6.23. The third-order valence-electron chi connectivity index (χ3n) is 3.60. The maximum atomic E-state index is 12.1. The summed E-state index contributed by atoms with van der Waals surface area (Å²) in [5.41, 5.74) is 6.66. The Kier molecular flexibility index (Phi) is 4.11. The first kappa shape index (κ1) is 15.6. The average Bonchev–Trinajstić information content (AvgIpc) is 3.01. The smallest absolute Gasteiger partial charge is 0.348 e. The number of nitrogens with two attached hydrogens (primary N) is 1. The summed E-state index contributed by atoms with van der Waals surface area (Å²) >= 11 is 1.15. The van der Waals surface area contributed by atoms with Crippen LogP contribution in [0.3, 0.4) is 0 Å². The van der Waals surface area contributed by atoms with E-state index >= 15 is 0 Å². The number of hydrogen-bond donors (Lipinski definition) is 3. The van der Waals surface area contributed by atoms with Crippen molar-refractivity contribution in [3.05, 3.63) is 23.1 Å². The van der Waals surface area contributed by atoms with Crippen molar-refractivity contribution in [3.8, 4) is 0 Å². The summed E-state index contributed by atoms with van der Waals surface area (Å²) in [6.07, 6.45) is 0.860. The average molecular weight is 327 g/mol. The van der Waals surface area contributed by atoms with Crippen LogP contribution in [0.5, 0.6) is 0 Å². The van der Waals surface area contributed by atoms with E-state index in [1.807, 2.05) is 6.92 Å². The molecular weight excluding hydrogens is 312 g/mol. The summed E-state index contributed by atoms with van der Waals surface area (Å²) in [4.78, 5) is 23.5. The van der Waals surface area contributed by atoms with E-state index in [1.54, 1.807) is 18.2 Å². The third kappa shape index (κ3) is 2.82. The van der Waals surface area contributed by atoms with Crippen LogP contribution in [0.15, 0.2) is 18.2 Å². The van der Waals surface area contributed by atoms with Crippen LogP contribution < -0.4 is 11.1 Å². The number of aromatic carboxylic acids is 1. The number of hydrogen-bond acceptors (Lipinski definition) is 4. The number of carboxylic acids is 1. The van der Waals surface area contributed by atoms with Gasteiger partial charge in [-0.2, -0.15) is 0 Å². The molecule has 1 aliphatic carbocycles. The van der Waals surface area contributed by atoms with Gasteiger partial charge in [-0.15, -0.1) is 23.7 Å². The molecule has 112 valence electrons. The highest BCUT2D eigenvalue weighted by Crippen LogP contribution is 2.41. The Morgan fingerprint density at radius 1 is 1.43 bits per heavy atom. The topological polar surface area (TPSA) is 92.4 Å². The molecule has 1 amide bonds. The van der Waals surface area contributed by atoms with E-state index in [1.165, 1.54) is 0 Å². The lowest BCUT2D eigenvalue weighted by atomic mass is 10.2. The lowest BCUT2D eigenvalue weighted by Gasteiger charge is -2.05. The van der Waals surface area contributed by atoms with Crippen LogP contribution >= 0.6 is 23.7 Å². The number of anilines is 2. The van der Waals surface area contributed by atoms with Gasteiger partial charge in [-0.1, -0.05) is 6.92 Å². The van der Waals surface area contributed by atoms with Gasteiger partial charge in [0.05, 0.1) is 5.69 Å². The zero-order chi connectivity index (χ0) is 14.4. The number of nitrogens with one attached hydrogen (secondary N) is 1. The van der Waals surface area contributed by atoms with Gasteiger partial charge in [0, 0.05) is 21.7 Å². The number of fused-ring (bicyclic) bond motifs is 1. The molecule has 0 radical (unpaired) electrons. The van der Waals surface area contributed by atoms with Crippen molar-refractivity contribution in [2.75, 3.05) is 11.1 Å². The van der Waals surface area contributed by atoms with Crippen molar-refractivity contribution in [2.24, 2.45) is 11.8 Å². The molecule has 5 nitrogen and oxygen atoms in total. The molecule has 1 heterocycles. The fourth-order valence-electron chi connectivity index (χ4n) is 2.29. The lowest BCUT2D eigenvalue weighted by Crippen LogP contribution is -2.16. The van der Waals surface area contributed by atoms with Crippen LogP contribution in [-0.2, 0) is 4.79 Å². The predicted octanol–water partition coefficient (Wildman–Crippen LogP) is 3.20. The van der Waals surface area contributed by atoms with E-state index in [0.717, 1.165) is 22.5 Å². The fraction of sp³-hybridized carbons (Fsp3) is 0.286. The molecule has 21 heavy (non-hydrogen) atoms. The summed E-state index contributed by atoms with van der Waals surface area (Å²) in [6.45, 7) is 2.01. The van der Waals surface area contributed by atoms with Crippen LogP contribution in [0.4, 0.5) is 11.4 Å². The largest absolute Gasteiger partial charge is 0.477 e. The first-order chi connectivity index (χ1) is 9.47. The van der Waals surface area contributed by atoms with Gasteiger partial charge in [-0.05, 0) is 30.5 Å². The van der Waals surface area contributed by atoms with E-state index in [-0.39, 0.29) is 29.1 Å². The highest BCUT2D eigenvalue weighted by molar-refractivity contribution is 7.21. The highest BCUT2D eigenvalue weighted by Gasteiger charge is 2.39. The Morgan fingerprint density at radius 3 is 2.67 bits per heavy atom. The minimum atomic E-state index is -1.04. The number of rotatable bonds is 3. The van der Waals surface area contributed by atoms with Crippen molar-refractivity contribution < 1.29 is 14.7 Å². The summed E-state index contributed by atoms with van der Waals surface area (Å²) < 4.78 is 0.802. The first-order valence-electron chi connectivity index (χ1n) is 6.33. The predicted molar refractivity (Wildman–Crippen MR) is 86.3 cm³/mol. The summed E-state index contributed by atoms with van der Waals surface area (Å²) in [5.74, 6) is -0.781. The molecule has 3 rings (SSSR count). The fourth-order valence-corrected chi connectivity index (χ4v) is 3.27. The highest BCUT2D eigenvalue weighted by atomic mass is 35.5. The standard InChI is InChI=1S/C14H14N2O3S.ClH/c1-6-4-8(6)13(17)16-11-9-5-7(15)2-3-10(9)20-12(11)14(18)19;/h2-3,5-6,8H,4,15H2,1H3,(H,16,17)(H,18,19);1H. The maximum Gasteiger partial charge on any atom is 0.348 e. The number of nitrogen functional groups attached to an aromatic ring is 1. The van der Waals surface area contributed by atoms with Gasteiger partial charge < -0.3 is 16.2 Å². The van der Waals surface area contributed by atoms with Gasteiger partial charge in [0.2, 0.25) is 5.91 Å². The lowest BCUT2D eigenvalue weighted by molar-refractivity contribution is -0.117. The molecule has 1 fully saturated rings. The minimum Gasteiger partial charge on any atom is -0.477 e. The Hall–Kier alpha value is -1.79. The Balaban J connectivity index is 0.00000161. The molecule has 4 N–H and O–H groups in total. The molecule has 1 aromatic carbocycles. The SMILES string of the molecule is CC1CC1C(=O)Nc1c(C(=O)O)sc2ccc(N)cc12.Cl. The Labute approximate surface area is 131 Å². The third-order valence-corrected chi connectivity index (χ3v) is 4.76. The number of halogens is 1. The Morgan fingerprint density at radius 2 is 2.10 bits per heavy atom. The van der Waals surface area contributed by atoms with E-state index < -0.39 is 5.97 Å². The monoisotopic (exact) mass is 326 g/mol. The van der Waals surface area contributed by atoms with Crippen LogP contribution in [0.2, 0.25) is 0 Å². The molecule has 0 spiro atoms. The number of carboxylic acid groups (broad SMARTS) is 1. The van der Waals surface area contributed by atoms with Gasteiger partial charge >= 0.3 is 5.97 Å². The number of carbonyl (C=O) groups excluding carboxylic acids is 1. The Bertz CT molecular complexity index is 728. The van der Waals surface area contributed by atoms with Crippen LogP contribution in [0, 0.1) is 11.8 Å². The minimum absolute atomic E-state index is 0. The maximum absolute atomic E-state index is 12.1. The molecule has 1 aromatic heterocycles. The second-order valence-electron chi connectivity index (χ2n) is 5.18. The van der Waals surface area contributed by atoms with E-state index in [0.29, 0.717) is 22.7 Å². The van der Waals surface area contributed by atoms with E-state index in [4.69, 9.17) is 5.73 Å². The molecule has 2 atom stereocenters. The van der Waals surface area contributed by atoms with Crippen molar-refractivity contribution >= 4 is 57.1 Å². The molecule has 7 heteroatoms. The first-order valence-corrected chi connectivity index (χ1v) is 7.15. The van der Waals surface area contributed by atoms with E-state index in [9.17, 15) is 14.7 Å². The van der Waals surface area contributed by atoms with Crippen molar-refractivity contribution in [2.45, 2.75) is 13.3 Å². The van der Waals surface area contributed by atoms with Crippen LogP contribution in [0.25, 0.3) is 10.1 Å². The summed E-state index contributed by atoms with van der Waals surface area (Å²) in [5, 5.41) is 12.7. The van der Waals surface area contributed by atoms with Crippen molar-refractivity contribution in [1.29, 1.82) is 0 Å². The normalized spacial score (nSPS) is 19.9. The van der Waals surface area contributed by atoms with E-state index in [2.05, 4.69) is 5.32 Å². The second kappa shape index (κ2) is 5.54. The van der Waals surface area contributed by atoms with Gasteiger partial charge in [0.15, 0.2) is 0 Å². The molecule has 2 unspecified atom stereocenters. The van der Waals surface area contributed by atoms with Gasteiger partial charge in [0.1, 0.15) is 4.88 Å².